The topological polar surface area (TPSA) is 52.1 Å². The molecule has 0 spiro atoms. The summed E-state index contributed by atoms with van der Waals surface area (Å²) in [6.45, 7) is 0. The van der Waals surface area contributed by atoms with Gasteiger partial charge in [0, 0.05) is 37.4 Å². The van der Waals surface area contributed by atoms with Crippen molar-refractivity contribution in [1.82, 2.24) is 9.97 Å². The number of ketones is 1. The van der Waals surface area contributed by atoms with Crippen LogP contribution in [0.3, 0.4) is 0 Å². The van der Waals surface area contributed by atoms with Crippen LogP contribution in [0, 0.1) is 11.6 Å². The predicted octanol–water partition coefficient (Wildman–Crippen LogP) is 4.99. The maximum atomic E-state index is 14.4. The fourth-order valence-electron chi connectivity index (χ4n) is 3.00. The number of carbonyl (C=O) groups excluding carboxylic acids is 1. The van der Waals surface area contributed by atoms with Crippen LogP contribution >= 0.6 is 0 Å². The standard InChI is InChI=1S/C21H15F5N2O2/c22-17-2-1-7-28-20(17)16(12-15(29)10-13-5-8-27-9-6-13)14-3-4-19(18(23)11-14)30-21(24,25)26/h1-9,11,16H,10,12H2/t16-/m0/s1. The van der Waals surface area contributed by atoms with Crippen molar-refractivity contribution in [3.05, 3.63) is 89.5 Å². The number of halogens is 5. The van der Waals surface area contributed by atoms with Crippen molar-refractivity contribution in [2.24, 2.45) is 0 Å². The zero-order valence-corrected chi connectivity index (χ0v) is 15.4. The lowest BCUT2D eigenvalue weighted by Crippen LogP contribution is -2.18. The Morgan fingerprint density at radius 1 is 1.00 bits per heavy atom. The molecule has 1 aromatic carbocycles. The summed E-state index contributed by atoms with van der Waals surface area (Å²) in [5.74, 6) is -4.29. The molecule has 0 unspecified atom stereocenters. The van der Waals surface area contributed by atoms with Crippen LogP contribution in [0.5, 0.6) is 5.75 Å². The maximum absolute atomic E-state index is 14.4. The van der Waals surface area contributed by atoms with Gasteiger partial charge >= 0.3 is 6.36 Å². The van der Waals surface area contributed by atoms with Gasteiger partial charge in [0.2, 0.25) is 0 Å². The Hall–Kier alpha value is -3.36. The fraction of sp³-hybridized carbons (Fsp3) is 0.190. The number of aromatic nitrogens is 2. The van der Waals surface area contributed by atoms with Gasteiger partial charge in [-0.15, -0.1) is 13.2 Å². The van der Waals surface area contributed by atoms with Crippen LogP contribution in [0.2, 0.25) is 0 Å². The van der Waals surface area contributed by atoms with Gasteiger partial charge in [-0.3, -0.25) is 14.8 Å². The molecule has 0 saturated heterocycles. The zero-order chi connectivity index (χ0) is 21.7. The van der Waals surface area contributed by atoms with Crippen molar-refractivity contribution in [2.45, 2.75) is 25.1 Å². The van der Waals surface area contributed by atoms with Crippen LogP contribution < -0.4 is 4.74 Å². The van der Waals surface area contributed by atoms with Crippen LogP contribution in [-0.4, -0.2) is 22.1 Å². The first-order valence-corrected chi connectivity index (χ1v) is 8.79. The van der Waals surface area contributed by atoms with Crippen LogP contribution in [-0.2, 0) is 11.2 Å². The minimum absolute atomic E-state index is 0.0330. The summed E-state index contributed by atoms with van der Waals surface area (Å²) in [6, 6.07) is 8.53. The summed E-state index contributed by atoms with van der Waals surface area (Å²) >= 11 is 0. The lowest BCUT2D eigenvalue weighted by molar-refractivity contribution is -0.275. The normalized spacial score (nSPS) is 12.4. The molecule has 0 radical (unpaired) electrons. The molecule has 0 bridgehead atoms. The van der Waals surface area contributed by atoms with Gasteiger partial charge in [0.05, 0.1) is 5.69 Å². The molecule has 9 heteroatoms. The lowest BCUT2D eigenvalue weighted by atomic mass is 9.88. The third-order valence-corrected chi connectivity index (χ3v) is 4.28. The largest absolute Gasteiger partial charge is 0.573 e. The lowest BCUT2D eigenvalue weighted by Gasteiger charge is -2.18. The van der Waals surface area contributed by atoms with Gasteiger partial charge in [-0.05, 0) is 47.5 Å². The number of Topliss-reactive ketones (excluding diaryl/α,β-unsaturated/α-hetero) is 1. The van der Waals surface area contributed by atoms with E-state index in [1.54, 1.807) is 12.1 Å². The van der Waals surface area contributed by atoms with E-state index >= 15 is 0 Å². The van der Waals surface area contributed by atoms with Crippen LogP contribution in [0.15, 0.2) is 61.1 Å². The smallest absolute Gasteiger partial charge is 0.403 e. The number of pyridine rings is 2. The molecule has 30 heavy (non-hydrogen) atoms. The Morgan fingerprint density at radius 3 is 2.37 bits per heavy atom. The van der Waals surface area contributed by atoms with E-state index in [0.717, 1.165) is 24.3 Å². The highest BCUT2D eigenvalue weighted by atomic mass is 19.4. The summed E-state index contributed by atoms with van der Waals surface area (Å²) in [5.41, 5.74) is 0.683. The first kappa shape index (κ1) is 21.4. The number of rotatable bonds is 7. The van der Waals surface area contributed by atoms with E-state index in [-0.39, 0.29) is 29.9 Å². The fourth-order valence-corrected chi connectivity index (χ4v) is 3.00. The van der Waals surface area contributed by atoms with E-state index in [4.69, 9.17) is 0 Å². The van der Waals surface area contributed by atoms with Gasteiger partial charge in [-0.25, -0.2) is 8.78 Å². The third-order valence-electron chi connectivity index (χ3n) is 4.28. The van der Waals surface area contributed by atoms with Gasteiger partial charge < -0.3 is 4.74 Å². The summed E-state index contributed by atoms with van der Waals surface area (Å²) in [5, 5.41) is 0. The second-order valence-corrected chi connectivity index (χ2v) is 6.44. The molecular weight excluding hydrogens is 407 g/mol. The highest BCUT2D eigenvalue weighted by Gasteiger charge is 2.33. The van der Waals surface area contributed by atoms with Crippen molar-refractivity contribution in [3.63, 3.8) is 0 Å². The van der Waals surface area contributed by atoms with Crippen LogP contribution in [0.1, 0.15) is 29.2 Å². The Bertz CT molecular complexity index is 1030. The minimum Gasteiger partial charge on any atom is -0.403 e. The van der Waals surface area contributed by atoms with Gasteiger partial charge in [-0.1, -0.05) is 6.07 Å². The molecule has 2 heterocycles. The second kappa shape index (κ2) is 8.98. The van der Waals surface area contributed by atoms with Crippen molar-refractivity contribution in [3.8, 4) is 5.75 Å². The van der Waals surface area contributed by atoms with Crippen LogP contribution in [0.4, 0.5) is 22.0 Å². The molecule has 1 atom stereocenters. The highest BCUT2D eigenvalue weighted by Crippen LogP contribution is 2.33. The molecule has 0 aliphatic carbocycles. The van der Waals surface area contributed by atoms with Gasteiger partial charge in [-0.2, -0.15) is 0 Å². The quantitative estimate of drug-likeness (QED) is 0.504. The molecule has 3 aromatic rings. The number of nitrogens with zero attached hydrogens (tertiary/aromatic N) is 2. The number of hydrogen-bond acceptors (Lipinski definition) is 4. The summed E-state index contributed by atoms with van der Waals surface area (Å²) in [6.07, 6.45) is -0.896. The highest BCUT2D eigenvalue weighted by molar-refractivity contribution is 5.82. The van der Waals surface area contributed by atoms with E-state index < -0.39 is 29.7 Å². The molecule has 0 saturated carbocycles. The first-order valence-electron chi connectivity index (χ1n) is 8.79. The third kappa shape index (κ3) is 5.59. The van der Waals surface area contributed by atoms with Gasteiger partial charge in [0.1, 0.15) is 11.6 Å². The number of benzene rings is 1. The Kier molecular flexibility index (Phi) is 6.39. The Labute approximate surface area is 168 Å². The van der Waals surface area contributed by atoms with Gasteiger partial charge in [0.15, 0.2) is 11.6 Å². The van der Waals surface area contributed by atoms with E-state index in [1.807, 2.05) is 0 Å². The Balaban J connectivity index is 1.91. The van der Waals surface area contributed by atoms with E-state index in [1.165, 1.54) is 24.7 Å². The van der Waals surface area contributed by atoms with E-state index in [0.29, 0.717) is 5.56 Å². The Morgan fingerprint density at radius 2 is 1.73 bits per heavy atom. The monoisotopic (exact) mass is 422 g/mol. The molecule has 4 nitrogen and oxygen atoms in total. The van der Waals surface area contributed by atoms with Crippen molar-refractivity contribution >= 4 is 5.78 Å². The summed E-state index contributed by atoms with van der Waals surface area (Å²) < 4.78 is 69.3. The SMILES string of the molecule is O=C(Cc1ccncc1)C[C@@H](c1ccc(OC(F)(F)F)c(F)c1)c1ncccc1F. The average Bonchev–Trinajstić information content (AvgIpc) is 2.68. The molecule has 0 N–H and O–H groups in total. The number of alkyl halides is 3. The molecular formula is C21H15F5N2O2. The first-order chi connectivity index (χ1) is 14.2. The molecule has 0 fully saturated rings. The molecule has 2 aromatic heterocycles. The van der Waals surface area contributed by atoms with Crippen LogP contribution in [0.25, 0.3) is 0 Å². The van der Waals surface area contributed by atoms with Crippen molar-refractivity contribution < 1.29 is 31.5 Å². The zero-order valence-electron chi connectivity index (χ0n) is 15.4. The van der Waals surface area contributed by atoms with Crippen molar-refractivity contribution in [2.75, 3.05) is 0 Å². The number of ether oxygens (including phenoxy) is 1. The second-order valence-electron chi connectivity index (χ2n) is 6.44. The maximum Gasteiger partial charge on any atom is 0.573 e. The van der Waals surface area contributed by atoms with E-state index in [2.05, 4.69) is 14.7 Å². The number of hydrogen-bond donors (Lipinski definition) is 0. The minimum atomic E-state index is -5.06. The molecule has 0 aliphatic heterocycles. The van der Waals surface area contributed by atoms with Gasteiger partial charge in [0.25, 0.3) is 0 Å². The average molecular weight is 422 g/mol. The predicted molar refractivity (Wildman–Crippen MR) is 96.7 cm³/mol. The molecule has 156 valence electrons. The van der Waals surface area contributed by atoms with Crippen molar-refractivity contribution in [1.29, 1.82) is 0 Å². The van der Waals surface area contributed by atoms with E-state index in [9.17, 15) is 26.7 Å². The summed E-state index contributed by atoms with van der Waals surface area (Å²) in [7, 11) is 0. The number of carbonyl (C=O) groups is 1. The molecule has 3 rings (SSSR count). The summed E-state index contributed by atoms with van der Waals surface area (Å²) in [4.78, 5) is 20.4. The molecule has 0 aliphatic rings. The molecule has 0 amide bonds.